The number of aromatic amines is 1. The first kappa shape index (κ1) is 15.0. The summed E-state index contributed by atoms with van der Waals surface area (Å²) in [6.45, 7) is 4.13. The minimum Gasteiger partial charge on any atom is -0.367 e. The number of aromatic nitrogens is 2. The summed E-state index contributed by atoms with van der Waals surface area (Å²) in [4.78, 5) is 26.5. The zero-order chi connectivity index (χ0) is 15.4. The average Bonchev–Trinajstić information content (AvgIpc) is 2.45. The van der Waals surface area contributed by atoms with Crippen LogP contribution in [0.5, 0.6) is 0 Å². The second kappa shape index (κ2) is 6.39. The molecule has 0 amide bonds. The topological polar surface area (TPSA) is 66.9 Å². The number of benzene rings is 1. The molecular weight excluding hydrogens is 273 g/mol. The first-order valence-electron chi connectivity index (χ1n) is 6.85. The van der Waals surface area contributed by atoms with Gasteiger partial charge in [-0.2, -0.15) is 0 Å². The van der Waals surface area contributed by atoms with Gasteiger partial charge in [-0.05, 0) is 31.0 Å². The van der Waals surface area contributed by atoms with E-state index in [1.54, 1.807) is 12.1 Å². The van der Waals surface area contributed by atoms with Crippen LogP contribution in [0.3, 0.4) is 0 Å². The van der Waals surface area contributed by atoms with Gasteiger partial charge in [0.15, 0.2) is 0 Å². The summed E-state index contributed by atoms with van der Waals surface area (Å²) >= 11 is 0. The van der Waals surface area contributed by atoms with Crippen LogP contribution in [0.4, 0.5) is 10.2 Å². The molecule has 0 aliphatic rings. The van der Waals surface area contributed by atoms with Crippen LogP contribution in [-0.2, 0) is 6.54 Å². The lowest BCUT2D eigenvalue weighted by Crippen LogP contribution is -2.37. The fourth-order valence-corrected chi connectivity index (χ4v) is 2.00. The molecule has 2 rings (SSSR count). The molecule has 5 nitrogen and oxygen atoms in total. The molecule has 0 aliphatic carbocycles. The highest BCUT2D eigenvalue weighted by Gasteiger charge is 2.09. The Labute approximate surface area is 121 Å². The Kier molecular flexibility index (Phi) is 4.57. The molecule has 1 atom stereocenters. The van der Waals surface area contributed by atoms with E-state index in [-0.39, 0.29) is 17.4 Å². The Bertz CT molecular complexity index is 688. The molecule has 1 heterocycles. The maximum absolute atomic E-state index is 12.8. The van der Waals surface area contributed by atoms with Crippen LogP contribution < -0.4 is 16.6 Å². The fourth-order valence-electron chi connectivity index (χ4n) is 2.00. The van der Waals surface area contributed by atoms with Crippen LogP contribution in [0.25, 0.3) is 0 Å². The van der Waals surface area contributed by atoms with Gasteiger partial charge in [-0.15, -0.1) is 0 Å². The van der Waals surface area contributed by atoms with Crippen molar-refractivity contribution in [1.82, 2.24) is 9.55 Å². The van der Waals surface area contributed by atoms with Crippen LogP contribution in [0.15, 0.2) is 39.9 Å². The van der Waals surface area contributed by atoms with E-state index in [1.807, 2.05) is 13.8 Å². The molecule has 0 saturated carbocycles. The Morgan fingerprint density at radius 1 is 1.29 bits per heavy atom. The van der Waals surface area contributed by atoms with Crippen molar-refractivity contribution in [1.29, 1.82) is 0 Å². The smallest absolute Gasteiger partial charge is 0.330 e. The number of halogens is 1. The zero-order valence-electron chi connectivity index (χ0n) is 12.0. The maximum atomic E-state index is 12.8. The van der Waals surface area contributed by atoms with E-state index < -0.39 is 5.69 Å². The van der Waals surface area contributed by atoms with E-state index in [4.69, 9.17) is 0 Å². The predicted octanol–water partition coefficient (Wildman–Crippen LogP) is 2.26. The van der Waals surface area contributed by atoms with E-state index in [2.05, 4.69) is 10.3 Å². The fraction of sp³-hybridized carbons (Fsp3) is 0.333. The molecule has 0 aliphatic heterocycles. The van der Waals surface area contributed by atoms with E-state index in [9.17, 15) is 14.0 Å². The molecule has 21 heavy (non-hydrogen) atoms. The number of H-pyrrole nitrogens is 1. The van der Waals surface area contributed by atoms with Crippen molar-refractivity contribution in [3.63, 3.8) is 0 Å². The van der Waals surface area contributed by atoms with Gasteiger partial charge in [0.1, 0.15) is 11.6 Å². The van der Waals surface area contributed by atoms with E-state index >= 15 is 0 Å². The molecule has 112 valence electrons. The molecular formula is C15H18FN3O2. The number of nitrogens with one attached hydrogen (secondary N) is 2. The summed E-state index contributed by atoms with van der Waals surface area (Å²) in [6.07, 6.45) is 0.700. The summed E-state index contributed by atoms with van der Waals surface area (Å²) in [5.41, 5.74) is 0.0801. The number of hydrogen-bond acceptors (Lipinski definition) is 3. The highest BCUT2D eigenvalue weighted by molar-refractivity contribution is 5.33. The van der Waals surface area contributed by atoms with Gasteiger partial charge in [0.05, 0.1) is 0 Å². The summed E-state index contributed by atoms with van der Waals surface area (Å²) in [6, 6.07) is 7.22. The SMILES string of the molecule is CCC(C)n1c(=O)cc(NCc2ccc(F)cc2)[nH]c1=O. The van der Waals surface area contributed by atoms with Crippen molar-refractivity contribution >= 4 is 5.82 Å². The van der Waals surface area contributed by atoms with Crippen molar-refractivity contribution in [2.75, 3.05) is 5.32 Å². The van der Waals surface area contributed by atoms with Crippen molar-refractivity contribution in [2.45, 2.75) is 32.9 Å². The highest BCUT2D eigenvalue weighted by atomic mass is 19.1. The van der Waals surface area contributed by atoms with Gasteiger partial charge in [0.2, 0.25) is 0 Å². The van der Waals surface area contributed by atoms with Gasteiger partial charge >= 0.3 is 5.69 Å². The number of nitrogens with zero attached hydrogens (tertiary/aromatic N) is 1. The Balaban J connectivity index is 2.17. The third kappa shape index (κ3) is 3.59. The average molecular weight is 291 g/mol. The first-order chi connectivity index (χ1) is 10.0. The lowest BCUT2D eigenvalue weighted by Gasteiger charge is -2.12. The van der Waals surface area contributed by atoms with Crippen LogP contribution >= 0.6 is 0 Å². The monoisotopic (exact) mass is 291 g/mol. The second-order valence-electron chi connectivity index (χ2n) is 4.93. The normalized spacial score (nSPS) is 12.1. The van der Waals surface area contributed by atoms with Gasteiger partial charge < -0.3 is 5.32 Å². The van der Waals surface area contributed by atoms with Crippen molar-refractivity contribution in [3.8, 4) is 0 Å². The van der Waals surface area contributed by atoms with Crippen LogP contribution in [0.2, 0.25) is 0 Å². The summed E-state index contributed by atoms with van der Waals surface area (Å²) in [5, 5.41) is 2.95. The van der Waals surface area contributed by atoms with Gasteiger partial charge in [-0.1, -0.05) is 19.1 Å². The summed E-state index contributed by atoms with van der Waals surface area (Å²) < 4.78 is 14.0. The van der Waals surface area contributed by atoms with Gasteiger partial charge in [-0.25, -0.2) is 9.18 Å². The maximum Gasteiger partial charge on any atom is 0.330 e. The third-order valence-electron chi connectivity index (χ3n) is 3.39. The number of anilines is 1. The molecule has 0 fully saturated rings. The minimum atomic E-state index is -0.432. The molecule has 1 aromatic heterocycles. The van der Waals surface area contributed by atoms with Gasteiger partial charge in [0, 0.05) is 18.7 Å². The quantitative estimate of drug-likeness (QED) is 0.888. The lowest BCUT2D eigenvalue weighted by atomic mass is 10.2. The van der Waals surface area contributed by atoms with E-state index in [0.29, 0.717) is 18.8 Å². The standard InChI is InChI=1S/C15H18FN3O2/c1-3-10(2)19-14(20)8-13(18-15(19)21)17-9-11-4-6-12(16)7-5-11/h4-8,10,17H,3,9H2,1-2H3,(H,18,21). The molecule has 6 heteroatoms. The van der Waals surface area contributed by atoms with Crippen LogP contribution in [-0.4, -0.2) is 9.55 Å². The molecule has 0 spiro atoms. The molecule has 1 aromatic carbocycles. The second-order valence-corrected chi connectivity index (χ2v) is 4.93. The molecule has 1 unspecified atom stereocenters. The largest absolute Gasteiger partial charge is 0.367 e. The summed E-state index contributed by atoms with van der Waals surface area (Å²) in [5.74, 6) is 0.0529. The molecule has 0 bridgehead atoms. The third-order valence-corrected chi connectivity index (χ3v) is 3.39. The molecule has 2 aromatic rings. The Morgan fingerprint density at radius 2 is 1.95 bits per heavy atom. The Hall–Kier alpha value is -2.37. The number of rotatable bonds is 5. The lowest BCUT2D eigenvalue weighted by molar-refractivity contribution is 0.490. The van der Waals surface area contributed by atoms with Gasteiger partial charge in [-0.3, -0.25) is 14.3 Å². The molecule has 0 radical (unpaired) electrons. The molecule has 2 N–H and O–H groups in total. The van der Waals surface area contributed by atoms with Crippen LogP contribution in [0, 0.1) is 5.82 Å². The molecule has 0 saturated heterocycles. The van der Waals surface area contributed by atoms with Crippen molar-refractivity contribution < 1.29 is 4.39 Å². The Morgan fingerprint density at radius 3 is 2.52 bits per heavy atom. The van der Waals surface area contributed by atoms with E-state index in [1.165, 1.54) is 22.8 Å². The van der Waals surface area contributed by atoms with Crippen LogP contribution in [0.1, 0.15) is 31.9 Å². The van der Waals surface area contributed by atoms with Crippen molar-refractivity contribution in [2.24, 2.45) is 0 Å². The first-order valence-corrected chi connectivity index (χ1v) is 6.85. The minimum absolute atomic E-state index is 0.146. The number of hydrogen-bond donors (Lipinski definition) is 2. The summed E-state index contributed by atoms with van der Waals surface area (Å²) in [7, 11) is 0. The van der Waals surface area contributed by atoms with Crippen molar-refractivity contribution in [3.05, 3.63) is 62.6 Å². The highest BCUT2D eigenvalue weighted by Crippen LogP contribution is 2.07. The van der Waals surface area contributed by atoms with Gasteiger partial charge in [0.25, 0.3) is 5.56 Å². The van der Waals surface area contributed by atoms with E-state index in [0.717, 1.165) is 5.56 Å². The zero-order valence-corrected chi connectivity index (χ0v) is 12.0. The predicted molar refractivity (Wildman–Crippen MR) is 80.1 cm³/mol.